The van der Waals surface area contributed by atoms with Gasteiger partial charge in [-0.2, -0.15) is 0 Å². The van der Waals surface area contributed by atoms with E-state index in [4.69, 9.17) is 10.5 Å². The smallest absolute Gasteiger partial charge is 0.231 e. The van der Waals surface area contributed by atoms with Gasteiger partial charge in [-0.3, -0.25) is 4.79 Å². The van der Waals surface area contributed by atoms with Gasteiger partial charge in [0, 0.05) is 13.2 Å². The summed E-state index contributed by atoms with van der Waals surface area (Å²) in [6.07, 6.45) is 0. The van der Waals surface area contributed by atoms with Crippen molar-refractivity contribution in [1.29, 1.82) is 0 Å². The minimum absolute atomic E-state index is 0.0928. The Labute approximate surface area is 157 Å². The second-order valence-corrected chi connectivity index (χ2v) is 6.16. The van der Waals surface area contributed by atoms with Crippen molar-refractivity contribution in [2.24, 2.45) is 5.73 Å². The van der Waals surface area contributed by atoms with Crippen LogP contribution in [-0.4, -0.2) is 35.2 Å². The van der Waals surface area contributed by atoms with E-state index in [0.29, 0.717) is 26.3 Å². The number of fused-ring (bicyclic) bond motifs is 1. The molecule has 27 heavy (non-hydrogen) atoms. The first-order valence-corrected chi connectivity index (χ1v) is 8.90. The lowest BCUT2D eigenvalue weighted by Crippen LogP contribution is -2.29. The van der Waals surface area contributed by atoms with E-state index in [1.165, 1.54) is 12.1 Å². The first kappa shape index (κ1) is 19.0. The maximum Gasteiger partial charge on any atom is 0.231 e. The summed E-state index contributed by atoms with van der Waals surface area (Å²) >= 11 is 0. The normalized spacial score (nSPS) is 11.2. The van der Waals surface area contributed by atoms with Crippen molar-refractivity contribution in [3.05, 3.63) is 54.1 Å². The second kappa shape index (κ2) is 8.75. The predicted octanol–water partition coefficient (Wildman–Crippen LogP) is 2.45. The summed E-state index contributed by atoms with van der Waals surface area (Å²) in [5.74, 6) is 0.136. The van der Waals surface area contributed by atoms with Gasteiger partial charge in [-0.15, -0.1) is 0 Å². The molecule has 142 valence electrons. The monoisotopic (exact) mass is 370 g/mol. The number of imidazole rings is 1. The highest BCUT2D eigenvalue weighted by Crippen LogP contribution is 2.25. The Bertz CT molecular complexity index is 922. The Balaban J connectivity index is 1.95. The van der Waals surface area contributed by atoms with E-state index in [9.17, 15) is 9.18 Å². The van der Waals surface area contributed by atoms with E-state index in [1.807, 2.05) is 25.1 Å². The van der Waals surface area contributed by atoms with Crippen LogP contribution in [0.15, 0.2) is 42.5 Å². The van der Waals surface area contributed by atoms with Crippen molar-refractivity contribution in [1.82, 2.24) is 14.9 Å². The van der Waals surface area contributed by atoms with Gasteiger partial charge in [-0.05, 0) is 42.3 Å². The molecule has 0 spiro atoms. The number of rotatable bonds is 9. The summed E-state index contributed by atoms with van der Waals surface area (Å²) in [5.41, 5.74) is 8.93. The minimum atomic E-state index is -0.412. The molecule has 7 heteroatoms. The summed E-state index contributed by atoms with van der Waals surface area (Å²) < 4.78 is 20.8. The van der Waals surface area contributed by atoms with E-state index in [2.05, 4.69) is 14.9 Å². The molecule has 0 aliphatic rings. The molecule has 0 unspecified atom stereocenters. The van der Waals surface area contributed by atoms with Crippen LogP contribution in [0.5, 0.6) is 0 Å². The van der Waals surface area contributed by atoms with Crippen LogP contribution in [0.1, 0.15) is 12.7 Å². The van der Waals surface area contributed by atoms with E-state index >= 15 is 0 Å². The predicted molar refractivity (Wildman–Crippen MR) is 103 cm³/mol. The molecule has 3 rings (SSSR count). The SMILES string of the molecule is CCOCCn1c(CNCC(N)=O)nc2ccc(-c3ccc(F)cc3)cc21. The zero-order chi connectivity index (χ0) is 19.2. The van der Waals surface area contributed by atoms with Gasteiger partial charge in [-0.25, -0.2) is 9.37 Å². The van der Waals surface area contributed by atoms with Gasteiger partial charge in [-0.1, -0.05) is 18.2 Å². The number of aromatic nitrogens is 2. The van der Waals surface area contributed by atoms with E-state index < -0.39 is 5.91 Å². The van der Waals surface area contributed by atoms with Crippen molar-refractivity contribution < 1.29 is 13.9 Å². The average Bonchev–Trinajstić information content (AvgIpc) is 2.99. The van der Waals surface area contributed by atoms with E-state index in [0.717, 1.165) is 28.0 Å². The van der Waals surface area contributed by atoms with Gasteiger partial charge in [0.1, 0.15) is 11.6 Å². The molecule has 1 amide bonds. The van der Waals surface area contributed by atoms with Gasteiger partial charge in [0.2, 0.25) is 5.91 Å². The first-order valence-electron chi connectivity index (χ1n) is 8.90. The van der Waals surface area contributed by atoms with Gasteiger partial charge < -0.3 is 20.4 Å². The van der Waals surface area contributed by atoms with Crippen LogP contribution in [-0.2, 0) is 22.6 Å². The van der Waals surface area contributed by atoms with Crippen LogP contribution in [0.2, 0.25) is 0 Å². The zero-order valence-corrected chi connectivity index (χ0v) is 15.2. The van der Waals surface area contributed by atoms with Crippen LogP contribution in [0.3, 0.4) is 0 Å². The van der Waals surface area contributed by atoms with Crippen LogP contribution < -0.4 is 11.1 Å². The quantitative estimate of drug-likeness (QED) is 0.567. The average molecular weight is 370 g/mol. The summed E-state index contributed by atoms with van der Waals surface area (Å²) in [6.45, 7) is 4.32. The van der Waals surface area contributed by atoms with E-state index in [1.54, 1.807) is 12.1 Å². The molecular weight excluding hydrogens is 347 g/mol. The molecular formula is C20H23FN4O2. The second-order valence-electron chi connectivity index (χ2n) is 6.16. The summed E-state index contributed by atoms with van der Waals surface area (Å²) in [7, 11) is 0. The molecule has 0 bridgehead atoms. The largest absolute Gasteiger partial charge is 0.380 e. The Morgan fingerprint density at radius 1 is 1.22 bits per heavy atom. The topological polar surface area (TPSA) is 82.2 Å². The van der Waals surface area contributed by atoms with Crippen molar-refractivity contribution in [2.75, 3.05) is 19.8 Å². The third-order valence-electron chi connectivity index (χ3n) is 4.25. The number of nitrogens with one attached hydrogen (secondary N) is 1. The Morgan fingerprint density at radius 2 is 1.96 bits per heavy atom. The molecule has 0 atom stereocenters. The summed E-state index contributed by atoms with van der Waals surface area (Å²) in [6, 6.07) is 12.4. The van der Waals surface area contributed by atoms with Crippen LogP contribution in [0.25, 0.3) is 22.2 Å². The molecule has 3 aromatic rings. The molecule has 1 heterocycles. The molecule has 0 saturated heterocycles. The zero-order valence-electron chi connectivity index (χ0n) is 15.2. The third kappa shape index (κ3) is 4.69. The van der Waals surface area contributed by atoms with Crippen molar-refractivity contribution >= 4 is 16.9 Å². The molecule has 0 aliphatic heterocycles. The molecule has 0 saturated carbocycles. The molecule has 0 fully saturated rings. The molecule has 0 aliphatic carbocycles. The number of nitrogens with zero attached hydrogens (tertiary/aromatic N) is 2. The van der Waals surface area contributed by atoms with Crippen LogP contribution in [0.4, 0.5) is 4.39 Å². The summed E-state index contributed by atoms with van der Waals surface area (Å²) in [5, 5.41) is 3.01. The van der Waals surface area contributed by atoms with E-state index in [-0.39, 0.29) is 12.4 Å². The first-order chi connectivity index (χ1) is 13.1. The third-order valence-corrected chi connectivity index (χ3v) is 4.25. The van der Waals surface area contributed by atoms with Gasteiger partial charge in [0.15, 0.2) is 0 Å². The number of hydrogen-bond donors (Lipinski definition) is 2. The molecule has 6 nitrogen and oxygen atoms in total. The van der Waals surface area contributed by atoms with Crippen molar-refractivity contribution in [3.63, 3.8) is 0 Å². The Morgan fingerprint density at radius 3 is 2.67 bits per heavy atom. The number of amides is 1. The number of carbonyl (C=O) groups is 1. The highest BCUT2D eigenvalue weighted by Gasteiger charge is 2.12. The van der Waals surface area contributed by atoms with Crippen molar-refractivity contribution in [3.8, 4) is 11.1 Å². The van der Waals surface area contributed by atoms with Gasteiger partial charge in [0.25, 0.3) is 0 Å². The standard InChI is InChI=1S/C20H23FN4O2/c1-2-27-10-9-25-18-11-15(14-3-6-16(21)7-4-14)5-8-17(18)24-20(25)13-23-12-19(22)26/h3-8,11,23H,2,9-10,12-13H2,1H3,(H2,22,26). The highest BCUT2D eigenvalue weighted by atomic mass is 19.1. The number of ether oxygens (including phenoxy) is 1. The molecule has 2 aromatic carbocycles. The lowest BCUT2D eigenvalue weighted by molar-refractivity contribution is -0.117. The summed E-state index contributed by atoms with van der Waals surface area (Å²) in [4.78, 5) is 15.6. The fourth-order valence-electron chi connectivity index (χ4n) is 2.98. The Kier molecular flexibility index (Phi) is 6.16. The maximum absolute atomic E-state index is 13.2. The Hall–Kier alpha value is -2.77. The lowest BCUT2D eigenvalue weighted by Gasteiger charge is -2.10. The lowest BCUT2D eigenvalue weighted by atomic mass is 10.1. The number of hydrogen-bond acceptors (Lipinski definition) is 4. The fraction of sp³-hybridized carbons (Fsp3) is 0.300. The van der Waals surface area contributed by atoms with Gasteiger partial charge >= 0.3 is 0 Å². The fourth-order valence-corrected chi connectivity index (χ4v) is 2.98. The van der Waals surface area contributed by atoms with Gasteiger partial charge in [0.05, 0.1) is 30.7 Å². The molecule has 3 N–H and O–H groups in total. The minimum Gasteiger partial charge on any atom is -0.380 e. The number of primary amides is 1. The number of halogens is 1. The molecule has 0 radical (unpaired) electrons. The number of carbonyl (C=O) groups excluding carboxylic acids is 1. The van der Waals surface area contributed by atoms with Crippen LogP contribution in [0, 0.1) is 5.82 Å². The van der Waals surface area contributed by atoms with Crippen molar-refractivity contribution in [2.45, 2.75) is 20.0 Å². The molecule has 1 aromatic heterocycles. The van der Waals surface area contributed by atoms with Crippen LogP contribution >= 0.6 is 0 Å². The highest BCUT2D eigenvalue weighted by molar-refractivity contribution is 5.82. The maximum atomic E-state index is 13.2. The number of benzene rings is 2. The number of nitrogens with two attached hydrogens (primary N) is 1.